The first kappa shape index (κ1) is 27.8. The topological polar surface area (TPSA) is 93.7 Å². The third-order valence-corrected chi connectivity index (χ3v) is 5.53. The van der Waals surface area contributed by atoms with Crippen LogP contribution in [0.4, 0.5) is 13.2 Å². The van der Waals surface area contributed by atoms with Gasteiger partial charge in [0.05, 0.1) is 7.11 Å². The number of amides is 2. The van der Waals surface area contributed by atoms with Crippen molar-refractivity contribution in [3.63, 3.8) is 0 Å². The quantitative estimate of drug-likeness (QED) is 0.292. The molecule has 0 bridgehead atoms. The molecule has 0 saturated heterocycles. The second-order valence-electron chi connectivity index (χ2n) is 8.08. The van der Waals surface area contributed by atoms with Crippen molar-refractivity contribution in [3.05, 3.63) is 95.6 Å². The van der Waals surface area contributed by atoms with Gasteiger partial charge < -0.3 is 10.2 Å². The minimum absolute atomic E-state index is 0.101. The van der Waals surface area contributed by atoms with E-state index in [-0.39, 0.29) is 31.7 Å². The number of hydrogen-bond donors (Lipinski definition) is 1. The van der Waals surface area contributed by atoms with Crippen LogP contribution in [-0.2, 0) is 38.8 Å². The maximum Gasteiger partial charge on any atom is 0.471 e. The van der Waals surface area contributed by atoms with Gasteiger partial charge in [-0.05, 0) is 53.3 Å². The maximum absolute atomic E-state index is 13.7. The number of aromatic nitrogens is 2. The molecule has 2 heterocycles. The summed E-state index contributed by atoms with van der Waals surface area (Å²) in [6.45, 7) is -0.0806. The van der Waals surface area contributed by atoms with E-state index in [2.05, 4.69) is 20.2 Å². The van der Waals surface area contributed by atoms with Crippen LogP contribution in [0.25, 0.3) is 0 Å². The zero-order chi connectivity index (χ0) is 26.7. The summed E-state index contributed by atoms with van der Waals surface area (Å²) >= 11 is 0. The smallest absolute Gasteiger partial charge is 0.354 e. The van der Waals surface area contributed by atoms with Gasteiger partial charge in [0.15, 0.2) is 0 Å². The Kier molecular flexibility index (Phi) is 10.1. The highest BCUT2D eigenvalue weighted by molar-refractivity contribution is 5.90. The van der Waals surface area contributed by atoms with Gasteiger partial charge in [0.1, 0.15) is 12.6 Å². The van der Waals surface area contributed by atoms with E-state index in [1.54, 1.807) is 42.7 Å². The average molecular weight is 517 g/mol. The maximum atomic E-state index is 13.7. The first-order valence-electron chi connectivity index (χ1n) is 11.5. The van der Waals surface area contributed by atoms with Gasteiger partial charge in [0, 0.05) is 37.9 Å². The average Bonchev–Trinajstić information content (AvgIpc) is 2.90. The fraction of sp³-hybridized carbons (Fsp3) is 0.308. The van der Waals surface area contributed by atoms with Crippen LogP contribution in [0, 0.1) is 0 Å². The van der Waals surface area contributed by atoms with Gasteiger partial charge in [-0.3, -0.25) is 19.6 Å². The van der Waals surface area contributed by atoms with E-state index in [1.807, 2.05) is 6.07 Å². The molecule has 196 valence electrons. The predicted molar refractivity (Wildman–Crippen MR) is 128 cm³/mol. The van der Waals surface area contributed by atoms with Crippen LogP contribution >= 0.6 is 0 Å². The normalized spacial score (nSPS) is 12.1. The largest absolute Gasteiger partial charge is 0.471 e. The van der Waals surface area contributed by atoms with Crippen molar-refractivity contribution >= 4 is 11.8 Å². The van der Waals surface area contributed by atoms with Crippen LogP contribution in [0.5, 0.6) is 0 Å². The molecule has 0 aliphatic heterocycles. The van der Waals surface area contributed by atoms with Crippen LogP contribution < -0.4 is 5.32 Å². The number of halogens is 3. The first-order chi connectivity index (χ1) is 17.8. The third-order valence-electron chi connectivity index (χ3n) is 5.53. The van der Waals surface area contributed by atoms with Gasteiger partial charge in [-0.1, -0.05) is 30.3 Å². The highest BCUT2D eigenvalue weighted by Crippen LogP contribution is 2.28. The molecule has 1 unspecified atom stereocenters. The molecule has 0 aliphatic rings. The monoisotopic (exact) mass is 516 g/mol. The molecular formula is C26H27F3N4O4. The van der Waals surface area contributed by atoms with E-state index in [0.717, 1.165) is 5.56 Å². The highest BCUT2D eigenvalue weighted by Gasteiger charge is 2.46. The van der Waals surface area contributed by atoms with E-state index in [0.29, 0.717) is 22.4 Å². The van der Waals surface area contributed by atoms with Gasteiger partial charge in [0.2, 0.25) is 5.91 Å². The number of nitrogens with zero attached hydrogens (tertiary/aromatic N) is 3. The summed E-state index contributed by atoms with van der Waals surface area (Å²) < 4.78 is 41.0. The second-order valence-corrected chi connectivity index (χ2v) is 8.08. The Hall–Kier alpha value is -3.83. The summed E-state index contributed by atoms with van der Waals surface area (Å²) in [6, 6.07) is 11.6. The lowest BCUT2D eigenvalue weighted by molar-refractivity contribution is -0.282. The van der Waals surface area contributed by atoms with Crippen LogP contribution in [0.2, 0.25) is 0 Å². The lowest BCUT2D eigenvalue weighted by Gasteiger charge is -2.32. The summed E-state index contributed by atoms with van der Waals surface area (Å²) in [5.41, 5.74) is 2.43. The number of carbonyl (C=O) groups excluding carboxylic acids is 2. The van der Waals surface area contributed by atoms with E-state index < -0.39 is 24.0 Å². The van der Waals surface area contributed by atoms with Crippen molar-refractivity contribution < 1.29 is 32.5 Å². The Bertz CT molecular complexity index is 1130. The molecule has 1 N–H and O–H groups in total. The SMILES string of the molecule is COOCc1ccc(C(C(=O)NCCc2cccnc2)N(CCc2ccncc2)C(=O)C(F)(F)F)cc1. The summed E-state index contributed by atoms with van der Waals surface area (Å²) in [6.07, 6.45) is 1.62. The van der Waals surface area contributed by atoms with Gasteiger partial charge in [0.25, 0.3) is 0 Å². The Balaban J connectivity index is 1.89. The number of alkyl halides is 3. The fourth-order valence-corrected chi connectivity index (χ4v) is 3.68. The number of hydrogen-bond acceptors (Lipinski definition) is 6. The number of benzene rings is 1. The third kappa shape index (κ3) is 8.36. The summed E-state index contributed by atoms with van der Waals surface area (Å²) in [7, 11) is 1.35. The van der Waals surface area contributed by atoms with Crippen molar-refractivity contribution in [2.75, 3.05) is 20.2 Å². The molecule has 0 fully saturated rings. The van der Waals surface area contributed by atoms with Crippen LogP contribution in [-0.4, -0.2) is 53.1 Å². The van der Waals surface area contributed by atoms with Crippen molar-refractivity contribution in [1.82, 2.24) is 20.2 Å². The lowest BCUT2D eigenvalue weighted by atomic mass is 10.0. The molecule has 0 saturated carbocycles. The van der Waals surface area contributed by atoms with E-state index in [4.69, 9.17) is 4.89 Å². The predicted octanol–water partition coefficient (Wildman–Crippen LogP) is 3.59. The molecule has 2 aromatic heterocycles. The Morgan fingerprint density at radius 3 is 2.30 bits per heavy atom. The van der Waals surface area contributed by atoms with Gasteiger partial charge in [-0.25, -0.2) is 9.78 Å². The zero-order valence-corrected chi connectivity index (χ0v) is 20.1. The molecule has 37 heavy (non-hydrogen) atoms. The van der Waals surface area contributed by atoms with E-state index >= 15 is 0 Å². The number of pyridine rings is 2. The van der Waals surface area contributed by atoms with Crippen molar-refractivity contribution in [2.45, 2.75) is 31.7 Å². The lowest BCUT2D eigenvalue weighted by Crippen LogP contribution is -2.49. The van der Waals surface area contributed by atoms with Crippen molar-refractivity contribution in [2.24, 2.45) is 0 Å². The fourth-order valence-electron chi connectivity index (χ4n) is 3.68. The zero-order valence-electron chi connectivity index (χ0n) is 20.1. The minimum Gasteiger partial charge on any atom is -0.354 e. The highest BCUT2D eigenvalue weighted by atomic mass is 19.4. The molecule has 0 aliphatic carbocycles. The number of nitrogens with one attached hydrogen (secondary N) is 1. The summed E-state index contributed by atoms with van der Waals surface area (Å²) in [5, 5.41) is 2.68. The number of rotatable bonds is 12. The van der Waals surface area contributed by atoms with Crippen molar-refractivity contribution in [1.29, 1.82) is 0 Å². The van der Waals surface area contributed by atoms with Crippen LogP contribution in [0.15, 0.2) is 73.3 Å². The van der Waals surface area contributed by atoms with Gasteiger partial charge in [-0.15, -0.1) is 0 Å². The molecule has 11 heteroatoms. The Labute approximate surface area is 212 Å². The molecule has 8 nitrogen and oxygen atoms in total. The Morgan fingerprint density at radius 1 is 0.946 bits per heavy atom. The molecule has 1 atom stereocenters. The second kappa shape index (κ2) is 13.5. The summed E-state index contributed by atoms with van der Waals surface area (Å²) in [5.74, 6) is -2.82. The number of carbonyl (C=O) groups is 2. The van der Waals surface area contributed by atoms with E-state index in [1.165, 1.54) is 31.6 Å². The molecule has 1 aromatic carbocycles. The molecule has 0 radical (unpaired) electrons. The van der Waals surface area contributed by atoms with Crippen LogP contribution in [0.1, 0.15) is 28.3 Å². The summed E-state index contributed by atoms with van der Waals surface area (Å²) in [4.78, 5) is 43.8. The molecule has 3 aromatic rings. The standard InChI is InChI=1S/C26H27F3N4O4/c1-36-37-18-21-4-6-22(7-5-21)23(24(34)32-15-10-20-3-2-12-31-17-20)33(25(35)26(27,28)29)16-11-19-8-13-30-14-9-19/h2-9,12-14,17,23H,10-11,15-16,18H2,1H3,(H,32,34). The minimum atomic E-state index is -5.17. The molecule has 2 amide bonds. The molecule has 3 rings (SSSR count). The van der Waals surface area contributed by atoms with Crippen molar-refractivity contribution in [3.8, 4) is 0 Å². The Morgan fingerprint density at radius 2 is 1.68 bits per heavy atom. The van der Waals surface area contributed by atoms with Gasteiger partial charge >= 0.3 is 12.1 Å². The first-order valence-corrected chi connectivity index (χ1v) is 11.5. The molecule has 0 spiro atoms. The van der Waals surface area contributed by atoms with Crippen LogP contribution in [0.3, 0.4) is 0 Å². The molecular weight excluding hydrogens is 489 g/mol. The van der Waals surface area contributed by atoms with Gasteiger partial charge in [-0.2, -0.15) is 13.2 Å². The van der Waals surface area contributed by atoms with E-state index in [9.17, 15) is 22.8 Å².